The van der Waals surface area contributed by atoms with Crippen LogP contribution in [0.4, 0.5) is 8.78 Å². The van der Waals surface area contributed by atoms with Crippen molar-refractivity contribution in [1.29, 1.82) is 0 Å². The third-order valence-electron chi connectivity index (χ3n) is 2.97. The van der Waals surface area contributed by atoms with E-state index < -0.39 is 12.4 Å². The van der Waals surface area contributed by atoms with Gasteiger partial charge in [0.05, 0.1) is 13.2 Å². The maximum Gasteiger partial charge on any atom is 0.330 e. The summed E-state index contributed by atoms with van der Waals surface area (Å²) in [5.41, 5.74) is 1.06. The molecule has 0 aliphatic rings. The number of nitrogens with zero attached hydrogens (tertiary/aromatic N) is 4. The minimum Gasteiger partial charge on any atom is -0.463 e. The normalized spacial score (nSPS) is 11.3. The molecule has 0 amide bonds. The SMILES string of the molecule is CCOC(=O)/C=C/c1ccc(C(F)F)cc1Cn1nnc(C)n1. The third kappa shape index (κ3) is 4.67. The van der Waals surface area contributed by atoms with Crippen molar-refractivity contribution in [1.82, 2.24) is 20.2 Å². The number of tetrazole rings is 1. The molecule has 6 nitrogen and oxygen atoms in total. The van der Waals surface area contributed by atoms with Gasteiger partial charge >= 0.3 is 5.97 Å². The van der Waals surface area contributed by atoms with E-state index in [9.17, 15) is 13.6 Å². The van der Waals surface area contributed by atoms with Crippen LogP contribution in [0.3, 0.4) is 0 Å². The number of halogens is 2. The van der Waals surface area contributed by atoms with Gasteiger partial charge in [0.15, 0.2) is 5.82 Å². The lowest BCUT2D eigenvalue weighted by molar-refractivity contribution is -0.137. The van der Waals surface area contributed by atoms with E-state index in [1.54, 1.807) is 13.8 Å². The van der Waals surface area contributed by atoms with Crippen molar-refractivity contribution in [2.24, 2.45) is 0 Å². The van der Waals surface area contributed by atoms with Gasteiger partial charge in [-0.15, -0.1) is 10.2 Å². The van der Waals surface area contributed by atoms with Crippen LogP contribution < -0.4 is 0 Å². The molecular weight excluding hydrogens is 306 g/mol. The molecule has 0 saturated heterocycles. The van der Waals surface area contributed by atoms with Crippen molar-refractivity contribution in [3.05, 3.63) is 46.8 Å². The second kappa shape index (κ2) is 7.57. The molecule has 0 saturated carbocycles. The Morgan fingerprint density at radius 3 is 2.83 bits per heavy atom. The van der Waals surface area contributed by atoms with E-state index in [1.807, 2.05) is 0 Å². The Bertz CT molecular complexity index is 713. The molecule has 1 aromatic heterocycles. The van der Waals surface area contributed by atoms with Gasteiger partial charge in [-0.2, -0.15) is 4.80 Å². The molecule has 0 atom stereocenters. The second-order valence-corrected chi connectivity index (χ2v) is 4.71. The van der Waals surface area contributed by atoms with E-state index in [-0.39, 0.29) is 18.7 Å². The van der Waals surface area contributed by atoms with Gasteiger partial charge in [-0.3, -0.25) is 0 Å². The van der Waals surface area contributed by atoms with Crippen LogP contribution in [0, 0.1) is 6.92 Å². The van der Waals surface area contributed by atoms with E-state index in [2.05, 4.69) is 15.4 Å². The molecule has 0 radical (unpaired) electrons. The molecule has 0 aliphatic heterocycles. The Hall–Kier alpha value is -2.64. The Morgan fingerprint density at radius 1 is 1.43 bits per heavy atom. The summed E-state index contributed by atoms with van der Waals surface area (Å²) >= 11 is 0. The predicted octanol–water partition coefficient (Wildman–Crippen LogP) is 2.54. The number of carbonyl (C=O) groups excluding carboxylic acids is 1. The Labute approximate surface area is 131 Å². The minimum atomic E-state index is -2.58. The van der Waals surface area contributed by atoms with Crippen LogP contribution in [-0.2, 0) is 16.1 Å². The highest BCUT2D eigenvalue weighted by Gasteiger charge is 2.11. The second-order valence-electron chi connectivity index (χ2n) is 4.71. The third-order valence-corrected chi connectivity index (χ3v) is 2.97. The molecule has 1 heterocycles. The Morgan fingerprint density at radius 2 is 2.22 bits per heavy atom. The van der Waals surface area contributed by atoms with Gasteiger partial charge in [0.1, 0.15) is 0 Å². The molecule has 0 fully saturated rings. The summed E-state index contributed by atoms with van der Waals surface area (Å²) in [5.74, 6) is -0.00950. The van der Waals surface area contributed by atoms with E-state index in [1.165, 1.54) is 35.1 Å². The lowest BCUT2D eigenvalue weighted by Gasteiger charge is -2.08. The van der Waals surface area contributed by atoms with Crippen molar-refractivity contribution < 1.29 is 18.3 Å². The number of carbonyl (C=O) groups is 1. The van der Waals surface area contributed by atoms with Crippen LogP contribution in [0.5, 0.6) is 0 Å². The average molecular weight is 322 g/mol. The van der Waals surface area contributed by atoms with Gasteiger partial charge in [-0.1, -0.05) is 12.1 Å². The topological polar surface area (TPSA) is 69.9 Å². The van der Waals surface area contributed by atoms with Crippen molar-refractivity contribution in [3.63, 3.8) is 0 Å². The molecule has 0 unspecified atom stereocenters. The zero-order chi connectivity index (χ0) is 16.8. The van der Waals surface area contributed by atoms with Gasteiger partial charge in [0.2, 0.25) is 0 Å². The van der Waals surface area contributed by atoms with Crippen LogP contribution >= 0.6 is 0 Å². The highest BCUT2D eigenvalue weighted by Crippen LogP contribution is 2.23. The largest absolute Gasteiger partial charge is 0.463 e. The van der Waals surface area contributed by atoms with Gasteiger partial charge in [-0.05, 0) is 42.3 Å². The van der Waals surface area contributed by atoms with Gasteiger partial charge in [0, 0.05) is 11.6 Å². The molecule has 0 N–H and O–H groups in total. The highest BCUT2D eigenvalue weighted by atomic mass is 19.3. The fourth-order valence-electron chi connectivity index (χ4n) is 1.95. The maximum atomic E-state index is 12.9. The quantitative estimate of drug-likeness (QED) is 0.604. The predicted molar refractivity (Wildman–Crippen MR) is 78.7 cm³/mol. The summed E-state index contributed by atoms with van der Waals surface area (Å²) in [7, 11) is 0. The maximum absolute atomic E-state index is 12.9. The molecule has 0 aliphatic carbocycles. The number of alkyl halides is 2. The number of esters is 1. The number of hydrogen-bond donors (Lipinski definition) is 0. The number of hydrogen-bond acceptors (Lipinski definition) is 5. The van der Waals surface area contributed by atoms with Crippen molar-refractivity contribution in [2.45, 2.75) is 26.8 Å². The fraction of sp³-hybridized carbons (Fsp3) is 0.333. The number of ether oxygens (including phenoxy) is 1. The first-order valence-electron chi connectivity index (χ1n) is 6.99. The molecule has 8 heteroatoms. The molecule has 1 aromatic carbocycles. The summed E-state index contributed by atoms with van der Waals surface area (Å²) in [6.07, 6.45) is 0.193. The first kappa shape index (κ1) is 16.7. The zero-order valence-corrected chi connectivity index (χ0v) is 12.7. The smallest absolute Gasteiger partial charge is 0.330 e. The number of benzene rings is 1. The molecule has 2 aromatic rings. The van der Waals surface area contributed by atoms with Crippen molar-refractivity contribution >= 4 is 12.0 Å². The average Bonchev–Trinajstić information content (AvgIpc) is 2.91. The molecule has 2 rings (SSSR count). The number of aromatic nitrogens is 4. The summed E-state index contributed by atoms with van der Waals surface area (Å²) in [5, 5.41) is 11.6. The summed E-state index contributed by atoms with van der Waals surface area (Å²) in [6.45, 7) is 3.82. The Balaban J connectivity index is 2.30. The molecule has 122 valence electrons. The summed E-state index contributed by atoms with van der Waals surface area (Å²) in [4.78, 5) is 12.7. The van der Waals surface area contributed by atoms with Crippen LogP contribution in [-0.4, -0.2) is 32.8 Å². The Kier molecular flexibility index (Phi) is 5.51. The lowest BCUT2D eigenvalue weighted by atomic mass is 10.0. The summed E-state index contributed by atoms with van der Waals surface area (Å²) in [6, 6.07) is 4.21. The van der Waals surface area contributed by atoms with Crippen LogP contribution in [0.2, 0.25) is 0 Å². The van der Waals surface area contributed by atoms with Gasteiger partial charge in [-0.25, -0.2) is 13.6 Å². The molecule has 0 spiro atoms. The highest BCUT2D eigenvalue weighted by molar-refractivity contribution is 5.87. The molecular formula is C15H16F2N4O2. The zero-order valence-electron chi connectivity index (χ0n) is 12.7. The van der Waals surface area contributed by atoms with Gasteiger partial charge in [0.25, 0.3) is 6.43 Å². The van der Waals surface area contributed by atoms with E-state index >= 15 is 0 Å². The minimum absolute atomic E-state index is 0.106. The molecule has 0 bridgehead atoms. The standard InChI is InChI=1S/C15H16F2N4O2/c1-3-23-14(22)7-6-11-4-5-12(15(16)17)8-13(11)9-21-19-10(2)18-20-21/h4-8,15H,3,9H2,1-2H3/b7-6+. The fourth-order valence-corrected chi connectivity index (χ4v) is 1.95. The van der Waals surface area contributed by atoms with Crippen LogP contribution in [0.15, 0.2) is 24.3 Å². The van der Waals surface area contributed by atoms with E-state index in [0.29, 0.717) is 17.0 Å². The van der Waals surface area contributed by atoms with Crippen molar-refractivity contribution in [2.75, 3.05) is 6.61 Å². The lowest BCUT2D eigenvalue weighted by Crippen LogP contribution is -2.06. The monoisotopic (exact) mass is 322 g/mol. The molecule has 23 heavy (non-hydrogen) atoms. The van der Waals surface area contributed by atoms with E-state index in [4.69, 9.17) is 4.74 Å². The van der Waals surface area contributed by atoms with Crippen molar-refractivity contribution in [3.8, 4) is 0 Å². The van der Waals surface area contributed by atoms with Crippen LogP contribution in [0.25, 0.3) is 6.08 Å². The summed E-state index contributed by atoms with van der Waals surface area (Å²) < 4.78 is 30.6. The first-order chi connectivity index (χ1) is 11.0. The number of rotatable bonds is 6. The van der Waals surface area contributed by atoms with E-state index in [0.717, 1.165) is 0 Å². The van der Waals surface area contributed by atoms with Crippen LogP contribution in [0.1, 0.15) is 35.9 Å². The van der Waals surface area contributed by atoms with Gasteiger partial charge < -0.3 is 4.74 Å². The number of aryl methyl sites for hydroxylation is 1. The first-order valence-corrected chi connectivity index (χ1v) is 6.99.